The summed E-state index contributed by atoms with van der Waals surface area (Å²) in [4.78, 5) is 34.9. The first-order valence-corrected chi connectivity index (χ1v) is 12.0. The van der Waals surface area contributed by atoms with Crippen molar-refractivity contribution in [3.8, 4) is 11.3 Å². The maximum Gasteiger partial charge on any atom is 0.270 e. The van der Waals surface area contributed by atoms with Crippen molar-refractivity contribution in [3.05, 3.63) is 91.1 Å². The van der Waals surface area contributed by atoms with E-state index >= 15 is 0 Å². The molecule has 2 aromatic heterocycles. The lowest BCUT2D eigenvalue weighted by molar-refractivity contribution is -0.384. The van der Waals surface area contributed by atoms with Gasteiger partial charge in [0.2, 0.25) is 11.0 Å². The minimum absolute atomic E-state index is 0.0436. The molecule has 2 heterocycles. The van der Waals surface area contributed by atoms with Crippen LogP contribution in [0.1, 0.15) is 26.7 Å². The highest BCUT2D eigenvalue weighted by Gasteiger charge is 2.14. The average molecular weight is 569 g/mol. The number of aromatic nitrogens is 2. The number of benzene rings is 2. The van der Waals surface area contributed by atoms with Crippen LogP contribution in [0.2, 0.25) is 0 Å². The van der Waals surface area contributed by atoms with Crippen molar-refractivity contribution in [3.63, 3.8) is 0 Å². The van der Waals surface area contributed by atoms with Crippen LogP contribution >= 0.6 is 27.3 Å². The largest absolute Gasteiger partial charge is 0.455 e. The summed E-state index contributed by atoms with van der Waals surface area (Å²) in [6.45, 7) is 1.93. The number of carbonyl (C=O) groups is 2. The zero-order chi connectivity index (χ0) is 25.7. The molecule has 0 bridgehead atoms. The van der Waals surface area contributed by atoms with Gasteiger partial charge in [0.05, 0.1) is 17.6 Å². The lowest BCUT2D eigenvalue weighted by atomic mass is 10.1. The number of carbonyl (C=O) groups excluding carboxylic acids is 2. The summed E-state index contributed by atoms with van der Waals surface area (Å²) in [6.07, 6.45) is 1.25. The Hall–Kier alpha value is -4.23. The number of halogens is 1. The van der Waals surface area contributed by atoms with Crippen LogP contribution < -0.4 is 10.7 Å². The fraction of sp³-hybridized carbons (Fsp3) is 0.0870. The van der Waals surface area contributed by atoms with E-state index in [4.69, 9.17) is 4.42 Å². The predicted octanol–water partition coefficient (Wildman–Crippen LogP) is 4.72. The quantitative estimate of drug-likeness (QED) is 0.177. The topological polar surface area (TPSA) is 153 Å². The molecule has 0 fully saturated rings. The second-order valence-corrected chi connectivity index (χ2v) is 9.33. The van der Waals surface area contributed by atoms with Crippen molar-refractivity contribution in [1.82, 2.24) is 15.6 Å². The number of nitrogens with one attached hydrogen (secondary N) is 2. The molecule has 2 amide bonds. The number of anilines is 1. The molecule has 0 radical (unpaired) electrons. The Morgan fingerprint density at radius 2 is 1.94 bits per heavy atom. The predicted molar refractivity (Wildman–Crippen MR) is 137 cm³/mol. The number of rotatable bonds is 8. The van der Waals surface area contributed by atoms with Crippen LogP contribution in [0, 0.1) is 17.0 Å². The number of hydrogen-bond acceptors (Lipinski definition) is 9. The van der Waals surface area contributed by atoms with Gasteiger partial charge in [-0.25, -0.2) is 5.43 Å². The first-order chi connectivity index (χ1) is 17.3. The van der Waals surface area contributed by atoms with E-state index in [0.29, 0.717) is 32.1 Å². The third kappa shape index (κ3) is 6.25. The molecule has 4 rings (SSSR count). The van der Waals surface area contributed by atoms with E-state index in [1.165, 1.54) is 18.3 Å². The van der Waals surface area contributed by atoms with Crippen molar-refractivity contribution < 1.29 is 18.9 Å². The van der Waals surface area contributed by atoms with E-state index in [1.807, 2.05) is 19.1 Å². The van der Waals surface area contributed by atoms with Crippen molar-refractivity contribution in [2.24, 2.45) is 5.10 Å². The Labute approximate surface area is 216 Å². The molecule has 2 N–H and O–H groups in total. The molecule has 0 unspecified atom stereocenters. The van der Waals surface area contributed by atoms with Crippen LogP contribution in [0.25, 0.3) is 11.3 Å². The molecular formula is C23H17BrN6O5S. The Morgan fingerprint density at radius 1 is 1.17 bits per heavy atom. The maximum absolute atomic E-state index is 12.3. The van der Waals surface area contributed by atoms with Gasteiger partial charge >= 0.3 is 0 Å². The molecule has 13 heteroatoms. The highest BCUT2D eigenvalue weighted by Crippen LogP contribution is 2.32. The minimum atomic E-state index is -0.485. The monoisotopic (exact) mass is 568 g/mol. The number of hydrazone groups is 1. The number of nitro groups is 1. The highest BCUT2D eigenvalue weighted by atomic mass is 79.9. The number of non-ortho nitro benzene ring substituents is 1. The van der Waals surface area contributed by atoms with Gasteiger partial charge in [-0.1, -0.05) is 29.0 Å². The van der Waals surface area contributed by atoms with E-state index in [0.717, 1.165) is 16.9 Å². The second-order valence-electron chi connectivity index (χ2n) is 7.41. The standard InChI is InChI=1S/C23H17BrN6O5S/c1-13-2-4-14(5-3-13)22(32)26-23-29-28-21(36-23)11-20(31)27-25-12-16-7-9-19(35-16)17-8-6-15(30(33)34)10-18(17)24/h2-10,12H,11H2,1H3,(H,27,31)(H,26,29,32)/b25-12+. The fourth-order valence-corrected chi connectivity index (χ4v) is 4.27. The number of amides is 2. The smallest absolute Gasteiger partial charge is 0.270 e. The average Bonchev–Trinajstić information content (AvgIpc) is 3.49. The van der Waals surface area contributed by atoms with Crippen LogP contribution in [-0.4, -0.2) is 33.1 Å². The van der Waals surface area contributed by atoms with Crippen molar-refractivity contribution in [2.75, 3.05) is 5.32 Å². The van der Waals surface area contributed by atoms with Gasteiger partial charge in [0.25, 0.3) is 11.6 Å². The van der Waals surface area contributed by atoms with Crippen LogP contribution in [0.4, 0.5) is 10.8 Å². The summed E-state index contributed by atoms with van der Waals surface area (Å²) in [5.74, 6) is 0.0974. The molecule has 0 aliphatic carbocycles. The highest BCUT2D eigenvalue weighted by molar-refractivity contribution is 9.10. The summed E-state index contributed by atoms with van der Waals surface area (Å²) in [5, 5.41) is 25.9. The van der Waals surface area contributed by atoms with Gasteiger partial charge < -0.3 is 4.42 Å². The Morgan fingerprint density at radius 3 is 2.67 bits per heavy atom. The molecule has 0 spiro atoms. The summed E-state index contributed by atoms with van der Waals surface area (Å²) in [5.41, 5.74) is 4.50. The number of aryl methyl sites for hydroxylation is 1. The first-order valence-electron chi connectivity index (χ1n) is 10.3. The third-order valence-electron chi connectivity index (χ3n) is 4.75. The van der Waals surface area contributed by atoms with Gasteiger partial charge in [-0.05, 0) is 53.2 Å². The van der Waals surface area contributed by atoms with Crippen LogP contribution in [0.3, 0.4) is 0 Å². The van der Waals surface area contributed by atoms with E-state index in [1.54, 1.807) is 30.3 Å². The molecule has 0 saturated heterocycles. The Kier molecular flexibility index (Phi) is 7.61. The van der Waals surface area contributed by atoms with Crippen molar-refractivity contribution in [2.45, 2.75) is 13.3 Å². The zero-order valence-corrected chi connectivity index (χ0v) is 21.0. The van der Waals surface area contributed by atoms with E-state index < -0.39 is 10.8 Å². The number of nitrogens with zero attached hydrogens (tertiary/aromatic N) is 4. The van der Waals surface area contributed by atoms with Crippen molar-refractivity contribution in [1.29, 1.82) is 0 Å². The normalized spacial score (nSPS) is 10.9. The first kappa shape index (κ1) is 24.9. The lowest BCUT2D eigenvalue weighted by Crippen LogP contribution is -2.19. The van der Waals surface area contributed by atoms with Gasteiger partial charge in [-0.15, -0.1) is 10.2 Å². The Balaban J connectivity index is 1.30. The number of hydrogen-bond donors (Lipinski definition) is 2. The molecule has 36 heavy (non-hydrogen) atoms. The molecule has 0 atom stereocenters. The van der Waals surface area contributed by atoms with Crippen LogP contribution in [-0.2, 0) is 11.2 Å². The lowest BCUT2D eigenvalue weighted by Gasteiger charge is -2.01. The summed E-state index contributed by atoms with van der Waals surface area (Å²) < 4.78 is 6.18. The summed E-state index contributed by atoms with van der Waals surface area (Å²) in [6, 6.07) is 14.8. The van der Waals surface area contributed by atoms with Gasteiger partial charge in [0, 0.05) is 27.7 Å². The van der Waals surface area contributed by atoms with E-state index in [2.05, 4.69) is 42.0 Å². The van der Waals surface area contributed by atoms with E-state index in [-0.39, 0.29) is 23.1 Å². The molecule has 0 saturated carbocycles. The number of nitro benzene ring substituents is 1. The van der Waals surface area contributed by atoms with Gasteiger partial charge in [-0.2, -0.15) is 5.10 Å². The molecule has 0 aliphatic heterocycles. The van der Waals surface area contributed by atoms with Gasteiger partial charge in [-0.3, -0.25) is 25.0 Å². The maximum atomic E-state index is 12.3. The molecule has 2 aromatic carbocycles. The minimum Gasteiger partial charge on any atom is -0.455 e. The molecule has 0 aliphatic rings. The van der Waals surface area contributed by atoms with Gasteiger partial charge in [0.15, 0.2) is 0 Å². The SMILES string of the molecule is Cc1ccc(C(=O)Nc2nnc(CC(=O)N/N=C/c3ccc(-c4ccc([N+](=O)[O-])cc4Br)o3)s2)cc1. The van der Waals surface area contributed by atoms with E-state index in [9.17, 15) is 19.7 Å². The second kappa shape index (κ2) is 11.0. The molecule has 4 aromatic rings. The van der Waals surface area contributed by atoms with Gasteiger partial charge in [0.1, 0.15) is 16.5 Å². The number of furan rings is 1. The Bertz CT molecular complexity index is 1460. The summed E-state index contributed by atoms with van der Waals surface area (Å²) >= 11 is 4.40. The van der Waals surface area contributed by atoms with Crippen LogP contribution in [0.15, 0.2) is 68.6 Å². The zero-order valence-electron chi connectivity index (χ0n) is 18.6. The fourth-order valence-electron chi connectivity index (χ4n) is 2.98. The molecule has 11 nitrogen and oxygen atoms in total. The van der Waals surface area contributed by atoms with Crippen LogP contribution in [0.5, 0.6) is 0 Å². The summed E-state index contributed by atoms with van der Waals surface area (Å²) in [7, 11) is 0. The molecular weight excluding hydrogens is 552 g/mol. The van der Waals surface area contributed by atoms with Crippen molar-refractivity contribution >= 4 is 56.1 Å². The third-order valence-corrected chi connectivity index (χ3v) is 6.24. The molecule has 182 valence electrons.